The average molecular weight is 327 g/mol. The lowest BCUT2D eigenvalue weighted by molar-refractivity contribution is 1.13. The molecule has 3 heterocycles. The van der Waals surface area contributed by atoms with Gasteiger partial charge in [0.1, 0.15) is 0 Å². The molecule has 0 aromatic carbocycles. The first kappa shape index (κ1) is 9.83. The van der Waals surface area contributed by atoms with Gasteiger partial charge in [0.25, 0.3) is 0 Å². The summed E-state index contributed by atoms with van der Waals surface area (Å²) in [6.07, 6.45) is 7.20. The summed E-state index contributed by atoms with van der Waals surface area (Å²) in [5.41, 5.74) is 0. The van der Waals surface area contributed by atoms with Crippen LogP contribution >= 0.6 is 49.9 Å². The summed E-state index contributed by atoms with van der Waals surface area (Å²) in [5.74, 6) is 0. The van der Waals surface area contributed by atoms with Gasteiger partial charge in [-0.05, 0) is 34.8 Å². The van der Waals surface area contributed by atoms with E-state index in [1.807, 2.05) is 34.0 Å². The topological polar surface area (TPSA) is 0 Å². The Morgan fingerprint density at radius 2 is 1.81 bits per heavy atom. The van der Waals surface area contributed by atoms with Gasteiger partial charge < -0.3 is 0 Å². The number of halogens is 1. The van der Waals surface area contributed by atoms with E-state index < -0.39 is 0 Å². The fourth-order valence-electron chi connectivity index (χ4n) is 2.17. The van der Waals surface area contributed by atoms with E-state index in [-0.39, 0.29) is 0 Å². The Balaban J connectivity index is 2.31. The van der Waals surface area contributed by atoms with Gasteiger partial charge in [0.2, 0.25) is 0 Å². The first-order valence-electron chi connectivity index (χ1n) is 5.13. The highest BCUT2D eigenvalue weighted by Crippen LogP contribution is 2.41. The third kappa shape index (κ3) is 1.24. The number of fused-ring (bicyclic) bond motifs is 5. The first-order valence-corrected chi connectivity index (χ1v) is 8.38. The maximum absolute atomic E-state index is 3.58. The first-order chi connectivity index (χ1) is 7.83. The van der Waals surface area contributed by atoms with Gasteiger partial charge in [-0.25, -0.2) is 0 Å². The minimum absolute atomic E-state index is 1.20. The Labute approximate surface area is 113 Å². The second-order valence-corrected chi connectivity index (χ2v) is 8.41. The summed E-state index contributed by atoms with van der Waals surface area (Å²) in [4.78, 5) is 0. The number of rotatable bonds is 0. The van der Waals surface area contributed by atoms with Crippen LogP contribution in [0.4, 0.5) is 0 Å². The van der Waals surface area contributed by atoms with Crippen LogP contribution in [0.2, 0.25) is 0 Å². The zero-order chi connectivity index (χ0) is 10.7. The minimum atomic E-state index is 1.20. The zero-order valence-corrected chi connectivity index (χ0v) is 12.3. The lowest BCUT2D eigenvalue weighted by Crippen LogP contribution is -2.20. The molecule has 1 aliphatic carbocycles. The normalized spacial score (nSPS) is 15.1. The Kier molecular flexibility index (Phi) is 2.10. The Morgan fingerprint density at radius 1 is 0.938 bits per heavy atom. The summed E-state index contributed by atoms with van der Waals surface area (Å²) >= 11 is 9.34. The van der Waals surface area contributed by atoms with Crippen molar-refractivity contribution in [3.8, 4) is 0 Å². The van der Waals surface area contributed by atoms with Gasteiger partial charge in [0.15, 0.2) is 0 Å². The van der Waals surface area contributed by atoms with Crippen molar-refractivity contribution in [2.75, 3.05) is 0 Å². The number of hydrogen-bond donors (Lipinski definition) is 0. The fourth-order valence-corrected chi connectivity index (χ4v) is 6.99. The van der Waals surface area contributed by atoms with E-state index in [1.165, 1.54) is 45.2 Å². The van der Waals surface area contributed by atoms with Gasteiger partial charge in [-0.1, -0.05) is 12.2 Å². The van der Waals surface area contributed by atoms with Crippen molar-refractivity contribution in [3.05, 3.63) is 19.6 Å². The molecule has 3 aromatic rings. The summed E-state index contributed by atoms with van der Waals surface area (Å²) in [5, 5.41) is 1.50. The predicted molar refractivity (Wildman–Crippen MR) is 80.2 cm³/mol. The van der Waals surface area contributed by atoms with E-state index in [2.05, 4.69) is 34.1 Å². The van der Waals surface area contributed by atoms with Gasteiger partial charge >= 0.3 is 0 Å². The van der Waals surface area contributed by atoms with Crippen molar-refractivity contribution >= 4 is 80.9 Å². The molecule has 0 bridgehead atoms. The third-order valence-corrected chi connectivity index (χ3v) is 7.29. The van der Waals surface area contributed by atoms with Crippen molar-refractivity contribution < 1.29 is 0 Å². The monoisotopic (exact) mass is 326 g/mol. The molecule has 0 atom stereocenters. The molecular formula is C12H7BrS3. The summed E-state index contributed by atoms with van der Waals surface area (Å²) in [6.45, 7) is 0. The molecule has 3 aromatic heterocycles. The molecule has 16 heavy (non-hydrogen) atoms. The maximum Gasteiger partial charge on any atom is 0.0719 e. The molecule has 4 rings (SSSR count). The second kappa shape index (κ2) is 3.42. The molecule has 0 amide bonds. The van der Waals surface area contributed by atoms with Crippen LogP contribution in [-0.4, -0.2) is 0 Å². The number of thiophene rings is 3. The van der Waals surface area contributed by atoms with Crippen LogP contribution < -0.4 is 9.75 Å². The van der Waals surface area contributed by atoms with E-state index in [0.29, 0.717) is 0 Å². The molecule has 0 aliphatic heterocycles. The van der Waals surface area contributed by atoms with Gasteiger partial charge in [0.05, 0.1) is 17.9 Å². The summed E-state index contributed by atoms with van der Waals surface area (Å²) in [6, 6.07) is 2.25. The Bertz CT molecular complexity index is 816. The summed E-state index contributed by atoms with van der Waals surface area (Å²) < 4.78 is 8.63. The average Bonchev–Trinajstić information content (AvgIpc) is 2.87. The quantitative estimate of drug-likeness (QED) is 0.578. The number of hydrogen-bond acceptors (Lipinski definition) is 3. The molecule has 0 nitrogen and oxygen atoms in total. The van der Waals surface area contributed by atoms with Crippen LogP contribution in [0.1, 0.15) is 12.8 Å². The Hall–Kier alpha value is -0.160. The van der Waals surface area contributed by atoms with E-state index in [1.54, 1.807) is 0 Å². The molecule has 1 aliphatic rings. The van der Waals surface area contributed by atoms with E-state index in [4.69, 9.17) is 0 Å². The van der Waals surface area contributed by atoms with Gasteiger partial charge in [-0.15, -0.1) is 34.0 Å². The van der Waals surface area contributed by atoms with E-state index in [9.17, 15) is 0 Å². The van der Waals surface area contributed by atoms with Gasteiger partial charge in [-0.3, -0.25) is 0 Å². The fraction of sp³-hybridized carbons (Fsp3) is 0.167. The third-order valence-electron chi connectivity index (χ3n) is 2.86. The highest BCUT2D eigenvalue weighted by molar-refractivity contribution is 9.11. The van der Waals surface area contributed by atoms with Gasteiger partial charge in [0, 0.05) is 14.5 Å². The van der Waals surface area contributed by atoms with E-state index >= 15 is 0 Å². The molecule has 80 valence electrons. The molecular weight excluding hydrogens is 320 g/mol. The standard InChI is InChI=1S/C12H7BrS3/c13-9-5-8-11(16-9)12-10(15-8)6-3-1-2-4-7(6)14-12/h3-5H,1-2H2. The van der Waals surface area contributed by atoms with Crippen LogP contribution in [0.3, 0.4) is 0 Å². The van der Waals surface area contributed by atoms with Crippen LogP contribution in [-0.2, 0) is 0 Å². The maximum atomic E-state index is 3.58. The van der Waals surface area contributed by atoms with Gasteiger partial charge in [-0.2, -0.15) is 0 Å². The summed E-state index contributed by atoms with van der Waals surface area (Å²) in [7, 11) is 0. The Morgan fingerprint density at radius 3 is 2.75 bits per heavy atom. The molecule has 4 heteroatoms. The van der Waals surface area contributed by atoms with Crippen molar-refractivity contribution in [1.82, 2.24) is 0 Å². The zero-order valence-electron chi connectivity index (χ0n) is 8.25. The van der Waals surface area contributed by atoms with Crippen molar-refractivity contribution in [3.63, 3.8) is 0 Å². The molecule has 0 unspecified atom stereocenters. The largest absolute Gasteiger partial charge is 0.133 e. The van der Waals surface area contributed by atoms with Crippen LogP contribution in [0.15, 0.2) is 9.85 Å². The molecule has 0 saturated carbocycles. The SMILES string of the molecule is Brc1cc2sc3c4c(sc3c2s1)=CCCC=4. The lowest BCUT2D eigenvalue weighted by Gasteiger charge is -1.92. The van der Waals surface area contributed by atoms with E-state index in [0.717, 1.165) is 0 Å². The predicted octanol–water partition coefficient (Wildman–Crippen LogP) is 4.29. The second-order valence-electron chi connectivity index (χ2n) is 3.87. The van der Waals surface area contributed by atoms with Crippen molar-refractivity contribution in [2.45, 2.75) is 12.8 Å². The smallest absolute Gasteiger partial charge is 0.0719 e. The molecule has 0 N–H and O–H groups in total. The van der Waals surface area contributed by atoms with Crippen molar-refractivity contribution in [1.29, 1.82) is 0 Å². The molecule has 0 radical (unpaired) electrons. The minimum Gasteiger partial charge on any atom is -0.133 e. The molecule has 0 spiro atoms. The van der Waals surface area contributed by atoms with Crippen molar-refractivity contribution in [2.24, 2.45) is 0 Å². The lowest BCUT2D eigenvalue weighted by atomic mass is 10.2. The van der Waals surface area contributed by atoms with Crippen LogP contribution in [0, 0.1) is 0 Å². The molecule has 0 saturated heterocycles. The van der Waals surface area contributed by atoms with Crippen LogP contribution in [0.5, 0.6) is 0 Å². The van der Waals surface area contributed by atoms with Crippen LogP contribution in [0.25, 0.3) is 31.0 Å². The highest BCUT2D eigenvalue weighted by Gasteiger charge is 2.13. The highest BCUT2D eigenvalue weighted by atomic mass is 79.9. The molecule has 0 fully saturated rings.